The van der Waals surface area contributed by atoms with Gasteiger partial charge in [-0.3, -0.25) is 0 Å². The Bertz CT molecular complexity index is 626. The van der Waals surface area contributed by atoms with E-state index in [9.17, 15) is 5.11 Å². The molecule has 4 nitrogen and oxygen atoms in total. The number of hydrogen-bond acceptors (Lipinski definition) is 4. The van der Waals surface area contributed by atoms with Crippen molar-refractivity contribution in [1.29, 1.82) is 0 Å². The molecule has 6 heteroatoms. The van der Waals surface area contributed by atoms with Crippen molar-refractivity contribution in [2.75, 3.05) is 11.9 Å². The zero-order valence-corrected chi connectivity index (χ0v) is 12.8. The third-order valence-corrected chi connectivity index (χ3v) is 3.80. The minimum Gasteiger partial charge on any atom is -0.387 e. The SMILES string of the molecule is OC(CNc1ccnc(C2CC2)n1)c1cc(Cl)cc(Cl)c1. The number of nitrogens with zero attached hydrogens (tertiary/aromatic N) is 2. The highest BCUT2D eigenvalue weighted by atomic mass is 35.5. The zero-order chi connectivity index (χ0) is 14.8. The van der Waals surface area contributed by atoms with Gasteiger partial charge in [-0.25, -0.2) is 9.97 Å². The molecule has 1 saturated carbocycles. The molecule has 1 atom stereocenters. The van der Waals surface area contributed by atoms with Crippen LogP contribution in [-0.2, 0) is 0 Å². The lowest BCUT2D eigenvalue weighted by molar-refractivity contribution is 0.191. The molecule has 0 spiro atoms. The molecular formula is C15H15Cl2N3O. The van der Waals surface area contributed by atoms with E-state index < -0.39 is 6.10 Å². The van der Waals surface area contributed by atoms with Gasteiger partial charge < -0.3 is 10.4 Å². The van der Waals surface area contributed by atoms with Crippen LogP contribution in [0, 0.1) is 0 Å². The molecule has 1 aliphatic carbocycles. The van der Waals surface area contributed by atoms with Crippen LogP contribution in [0.2, 0.25) is 10.0 Å². The molecule has 21 heavy (non-hydrogen) atoms. The number of aliphatic hydroxyl groups is 1. The van der Waals surface area contributed by atoms with Crippen LogP contribution in [0.4, 0.5) is 5.82 Å². The molecule has 1 aliphatic rings. The Morgan fingerprint density at radius 3 is 2.62 bits per heavy atom. The van der Waals surface area contributed by atoms with Gasteiger partial charge in [0, 0.05) is 28.7 Å². The largest absolute Gasteiger partial charge is 0.387 e. The molecule has 0 aliphatic heterocycles. The molecule has 0 saturated heterocycles. The summed E-state index contributed by atoms with van der Waals surface area (Å²) in [5.74, 6) is 2.10. The summed E-state index contributed by atoms with van der Waals surface area (Å²) in [4.78, 5) is 8.71. The molecule has 1 aromatic heterocycles. The maximum Gasteiger partial charge on any atom is 0.133 e. The Hall–Kier alpha value is -1.36. The quantitative estimate of drug-likeness (QED) is 0.878. The minimum absolute atomic E-state index is 0.331. The van der Waals surface area contributed by atoms with Crippen LogP contribution in [0.3, 0.4) is 0 Å². The molecule has 1 heterocycles. The number of rotatable bonds is 5. The third-order valence-electron chi connectivity index (χ3n) is 3.36. The van der Waals surface area contributed by atoms with Crippen molar-refractivity contribution < 1.29 is 5.11 Å². The van der Waals surface area contributed by atoms with E-state index in [1.165, 1.54) is 0 Å². The predicted molar refractivity (Wildman–Crippen MR) is 83.9 cm³/mol. The highest BCUT2D eigenvalue weighted by Gasteiger charge is 2.26. The molecular weight excluding hydrogens is 309 g/mol. The third kappa shape index (κ3) is 3.84. The van der Waals surface area contributed by atoms with Gasteiger partial charge in [0.25, 0.3) is 0 Å². The average Bonchev–Trinajstić information content (AvgIpc) is 3.28. The normalized spacial score (nSPS) is 15.8. The maximum absolute atomic E-state index is 10.2. The number of benzene rings is 1. The van der Waals surface area contributed by atoms with E-state index in [2.05, 4.69) is 15.3 Å². The first-order valence-electron chi connectivity index (χ1n) is 6.82. The number of halogens is 2. The number of aromatic nitrogens is 2. The molecule has 1 aromatic carbocycles. The van der Waals surface area contributed by atoms with Crippen LogP contribution in [0.1, 0.15) is 36.3 Å². The van der Waals surface area contributed by atoms with Crippen LogP contribution in [-0.4, -0.2) is 21.6 Å². The lowest BCUT2D eigenvalue weighted by Crippen LogP contribution is -2.13. The lowest BCUT2D eigenvalue weighted by atomic mass is 10.1. The van der Waals surface area contributed by atoms with Crippen LogP contribution < -0.4 is 5.32 Å². The van der Waals surface area contributed by atoms with Gasteiger partial charge >= 0.3 is 0 Å². The summed E-state index contributed by atoms with van der Waals surface area (Å²) < 4.78 is 0. The number of nitrogens with one attached hydrogen (secondary N) is 1. The first kappa shape index (κ1) is 14.6. The molecule has 0 bridgehead atoms. The topological polar surface area (TPSA) is 58.0 Å². The van der Waals surface area contributed by atoms with E-state index in [4.69, 9.17) is 23.2 Å². The Morgan fingerprint density at radius 1 is 1.24 bits per heavy atom. The number of anilines is 1. The van der Waals surface area contributed by atoms with Gasteiger partial charge in [-0.15, -0.1) is 0 Å². The van der Waals surface area contributed by atoms with Gasteiger partial charge in [-0.05, 0) is 42.7 Å². The zero-order valence-electron chi connectivity index (χ0n) is 11.3. The molecule has 3 rings (SSSR count). The first-order chi connectivity index (χ1) is 10.1. The number of hydrogen-bond donors (Lipinski definition) is 2. The van der Waals surface area contributed by atoms with Crippen molar-refractivity contribution in [3.8, 4) is 0 Å². The van der Waals surface area contributed by atoms with Gasteiger partial charge in [0.1, 0.15) is 11.6 Å². The van der Waals surface area contributed by atoms with Crippen molar-refractivity contribution in [3.63, 3.8) is 0 Å². The van der Waals surface area contributed by atoms with Crippen molar-refractivity contribution in [2.24, 2.45) is 0 Å². The van der Waals surface area contributed by atoms with E-state index >= 15 is 0 Å². The van der Waals surface area contributed by atoms with E-state index in [1.54, 1.807) is 30.5 Å². The van der Waals surface area contributed by atoms with E-state index in [0.717, 1.165) is 24.5 Å². The van der Waals surface area contributed by atoms with Gasteiger partial charge in [0.15, 0.2) is 0 Å². The Balaban J connectivity index is 1.65. The molecule has 2 N–H and O–H groups in total. The Kier molecular flexibility index (Phi) is 4.29. The summed E-state index contributed by atoms with van der Waals surface area (Å²) in [6.45, 7) is 0.331. The Morgan fingerprint density at radius 2 is 1.95 bits per heavy atom. The second kappa shape index (κ2) is 6.18. The first-order valence-corrected chi connectivity index (χ1v) is 7.58. The van der Waals surface area contributed by atoms with Gasteiger partial charge in [0.05, 0.1) is 6.10 Å². The predicted octanol–water partition coefficient (Wildman–Crippen LogP) is 3.81. The summed E-state index contributed by atoms with van der Waals surface area (Å²) in [6, 6.07) is 6.84. The standard InChI is InChI=1S/C15H15Cl2N3O/c16-11-5-10(6-12(17)7-11)13(21)8-19-14-3-4-18-15(20-14)9-1-2-9/h3-7,9,13,21H,1-2,8H2,(H,18,19,20). The highest BCUT2D eigenvalue weighted by Crippen LogP contribution is 2.38. The summed E-state index contributed by atoms with van der Waals surface area (Å²) >= 11 is 11.9. The van der Waals surface area contributed by atoms with Crippen molar-refractivity contribution >= 4 is 29.0 Å². The fourth-order valence-electron chi connectivity index (χ4n) is 2.10. The van der Waals surface area contributed by atoms with Crippen LogP contribution in [0.5, 0.6) is 0 Å². The van der Waals surface area contributed by atoms with E-state index in [0.29, 0.717) is 28.1 Å². The van der Waals surface area contributed by atoms with Gasteiger partial charge in [-0.1, -0.05) is 23.2 Å². The average molecular weight is 324 g/mol. The van der Waals surface area contributed by atoms with Crippen molar-refractivity contribution in [2.45, 2.75) is 24.9 Å². The summed E-state index contributed by atoms with van der Waals surface area (Å²) in [5, 5.41) is 14.3. The van der Waals surface area contributed by atoms with Crippen LogP contribution in [0.25, 0.3) is 0 Å². The van der Waals surface area contributed by atoms with E-state index in [-0.39, 0.29) is 0 Å². The maximum atomic E-state index is 10.2. The fraction of sp³-hybridized carbons (Fsp3) is 0.333. The minimum atomic E-state index is -0.708. The van der Waals surface area contributed by atoms with Crippen molar-refractivity contribution in [3.05, 3.63) is 51.9 Å². The van der Waals surface area contributed by atoms with Gasteiger partial charge in [-0.2, -0.15) is 0 Å². The molecule has 0 amide bonds. The van der Waals surface area contributed by atoms with E-state index in [1.807, 2.05) is 0 Å². The summed E-state index contributed by atoms with van der Waals surface area (Å²) in [5.41, 5.74) is 0.677. The molecule has 1 unspecified atom stereocenters. The number of aliphatic hydroxyl groups excluding tert-OH is 1. The molecule has 1 fully saturated rings. The molecule has 110 valence electrons. The Labute approximate surface area is 133 Å². The molecule has 2 aromatic rings. The fourth-order valence-corrected chi connectivity index (χ4v) is 2.64. The molecule has 0 radical (unpaired) electrons. The second-order valence-corrected chi connectivity index (χ2v) is 6.05. The smallest absolute Gasteiger partial charge is 0.133 e. The lowest BCUT2D eigenvalue weighted by Gasteiger charge is -2.13. The van der Waals surface area contributed by atoms with Crippen LogP contribution in [0.15, 0.2) is 30.5 Å². The second-order valence-electron chi connectivity index (χ2n) is 5.17. The van der Waals surface area contributed by atoms with Crippen molar-refractivity contribution in [1.82, 2.24) is 9.97 Å². The summed E-state index contributed by atoms with van der Waals surface area (Å²) in [6.07, 6.45) is 3.35. The van der Waals surface area contributed by atoms with Gasteiger partial charge in [0.2, 0.25) is 0 Å². The summed E-state index contributed by atoms with van der Waals surface area (Å²) in [7, 11) is 0. The monoisotopic (exact) mass is 323 g/mol. The highest BCUT2D eigenvalue weighted by molar-refractivity contribution is 6.34. The van der Waals surface area contributed by atoms with Crippen LogP contribution >= 0.6 is 23.2 Å².